The molecule has 0 aliphatic carbocycles. The van der Waals surface area contributed by atoms with Gasteiger partial charge < -0.3 is 9.15 Å². The van der Waals surface area contributed by atoms with Crippen molar-refractivity contribution >= 4 is 34.2 Å². The van der Waals surface area contributed by atoms with Gasteiger partial charge in [0, 0.05) is 18.0 Å². The number of likely N-dealkylation sites (tertiary alicyclic amines) is 1. The second-order valence-electron chi connectivity index (χ2n) is 7.65. The minimum absolute atomic E-state index is 0.426. The third-order valence-corrected chi connectivity index (χ3v) is 5.77. The van der Waals surface area contributed by atoms with Crippen molar-refractivity contribution in [2.45, 2.75) is 32.6 Å². The molecule has 0 radical (unpaired) electrons. The number of allylic oxidation sites excluding steroid dienone is 1. The summed E-state index contributed by atoms with van der Waals surface area (Å²) in [4.78, 5) is 2.50. The van der Waals surface area contributed by atoms with Crippen LogP contribution in [0.5, 0.6) is 5.75 Å². The van der Waals surface area contributed by atoms with Gasteiger partial charge in [0.1, 0.15) is 17.9 Å². The summed E-state index contributed by atoms with van der Waals surface area (Å²) in [6.45, 7) is 6.37. The molecule has 3 aromatic rings. The molecule has 1 aromatic heterocycles. The van der Waals surface area contributed by atoms with Gasteiger partial charge in [-0.3, -0.25) is 4.90 Å². The van der Waals surface area contributed by atoms with Crippen LogP contribution in [-0.4, -0.2) is 31.1 Å². The van der Waals surface area contributed by atoms with Crippen LogP contribution < -0.4 is 4.74 Å². The minimum atomic E-state index is 0.426. The van der Waals surface area contributed by atoms with Crippen LogP contribution in [0, 0.1) is 0 Å². The molecule has 1 aliphatic rings. The fraction of sp³-hybridized carbons (Fsp3) is 0.360. The second kappa shape index (κ2) is 9.51. The second-order valence-corrected chi connectivity index (χ2v) is 8.02. The summed E-state index contributed by atoms with van der Waals surface area (Å²) in [6.07, 6.45) is 7.20. The Balaban J connectivity index is 1.40. The predicted octanol–water partition coefficient (Wildman–Crippen LogP) is 6.90. The van der Waals surface area contributed by atoms with Crippen molar-refractivity contribution in [2.75, 3.05) is 26.2 Å². The normalized spacial score (nSPS) is 15.7. The third kappa shape index (κ3) is 5.23. The van der Waals surface area contributed by atoms with E-state index in [9.17, 15) is 0 Å². The fourth-order valence-corrected chi connectivity index (χ4v) is 4.14. The molecule has 152 valence electrons. The average Bonchev–Trinajstić information content (AvgIpc) is 3.13. The summed E-state index contributed by atoms with van der Waals surface area (Å²) in [5.41, 5.74) is 4.47. The zero-order chi connectivity index (χ0) is 20.1. The van der Waals surface area contributed by atoms with Crippen LogP contribution in [0.1, 0.15) is 43.7 Å². The van der Waals surface area contributed by atoms with E-state index in [1.807, 2.05) is 12.1 Å². The van der Waals surface area contributed by atoms with E-state index in [0.29, 0.717) is 5.22 Å². The van der Waals surface area contributed by atoms with E-state index >= 15 is 0 Å². The van der Waals surface area contributed by atoms with Crippen LogP contribution in [0.25, 0.3) is 22.6 Å². The average molecular weight is 410 g/mol. The molecule has 2 heterocycles. The van der Waals surface area contributed by atoms with Crippen molar-refractivity contribution in [3.05, 3.63) is 64.9 Å². The highest BCUT2D eigenvalue weighted by molar-refractivity contribution is 6.29. The molecule has 0 spiro atoms. The lowest BCUT2D eigenvalue weighted by Crippen LogP contribution is -2.33. The molecule has 4 rings (SSSR count). The SMILES string of the molecule is CC/C(=C/c1ccc(OCCN2CCCCC2)cc1)c1ccc2oc(Cl)cc2c1. The van der Waals surface area contributed by atoms with Gasteiger partial charge in [-0.1, -0.05) is 37.6 Å². The molecule has 1 saturated heterocycles. The number of halogens is 1. The van der Waals surface area contributed by atoms with E-state index in [1.54, 1.807) is 0 Å². The van der Waals surface area contributed by atoms with Crippen LogP contribution >= 0.6 is 11.6 Å². The van der Waals surface area contributed by atoms with Crippen LogP contribution in [-0.2, 0) is 0 Å². The maximum Gasteiger partial charge on any atom is 0.194 e. The van der Waals surface area contributed by atoms with Gasteiger partial charge in [0.25, 0.3) is 0 Å². The van der Waals surface area contributed by atoms with E-state index in [4.69, 9.17) is 20.8 Å². The van der Waals surface area contributed by atoms with Gasteiger partial charge in [-0.2, -0.15) is 0 Å². The van der Waals surface area contributed by atoms with E-state index in [1.165, 1.54) is 49.1 Å². The quantitative estimate of drug-likeness (QED) is 0.397. The minimum Gasteiger partial charge on any atom is -0.492 e. The van der Waals surface area contributed by atoms with Gasteiger partial charge in [-0.15, -0.1) is 0 Å². The summed E-state index contributed by atoms with van der Waals surface area (Å²) >= 11 is 5.98. The maximum atomic E-state index is 5.98. The molecular formula is C25H28ClNO2. The molecule has 0 atom stereocenters. The Morgan fingerprint density at radius 3 is 2.62 bits per heavy atom. The Morgan fingerprint density at radius 1 is 1.07 bits per heavy atom. The molecule has 1 fully saturated rings. The highest BCUT2D eigenvalue weighted by Gasteiger charge is 2.09. The van der Waals surface area contributed by atoms with Crippen LogP contribution in [0.2, 0.25) is 5.22 Å². The molecule has 4 heteroatoms. The lowest BCUT2D eigenvalue weighted by Gasteiger charge is -2.26. The van der Waals surface area contributed by atoms with E-state index in [-0.39, 0.29) is 0 Å². The molecule has 0 N–H and O–H groups in total. The highest BCUT2D eigenvalue weighted by atomic mass is 35.5. The van der Waals surface area contributed by atoms with E-state index in [0.717, 1.165) is 36.3 Å². The fourth-order valence-electron chi connectivity index (χ4n) is 3.94. The lowest BCUT2D eigenvalue weighted by molar-refractivity contribution is 0.183. The van der Waals surface area contributed by atoms with E-state index < -0.39 is 0 Å². The van der Waals surface area contributed by atoms with Gasteiger partial charge in [0.15, 0.2) is 5.22 Å². The van der Waals surface area contributed by atoms with E-state index in [2.05, 4.69) is 54.3 Å². The number of nitrogens with zero attached hydrogens (tertiary/aromatic N) is 1. The van der Waals surface area contributed by atoms with Gasteiger partial charge in [0.05, 0.1) is 0 Å². The van der Waals surface area contributed by atoms with Gasteiger partial charge in [0.2, 0.25) is 0 Å². The first-order chi connectivity index (χ1) is 14.2. The zero-order valence-corrected chi connectivity index (χ0v) is 17.8. The number of furan rings is 1. The number of ether oxygens (including phenoxy) is 1. The summed E-state index contributed by atoms with van der Waals surface area (Å²) in [6, 6.07) is 16.5. The van der Waals surface area contributed by atoms with Gasteiger partial charge in [-0.25, -0.2) is 0 Å². The van der Waals surface area contributed by atoms with Gasteiger partial charge >= 0.3 is 0 Å². The molecule has 0 bridgehead atoms. The number of benzene rings is 2. The third-order valence-electron chi connectivity index (χ3n) is 5.58. The predicted molar refractivity (Wildman–Crippen MR) is 122 cm³/mol. The van der Waals surface area contributed by atoms with Crippen molar-refractivity contribution in [1.82, 2.24) is 4.90 Å². The molecule has 2 aromatic carbocycles. The molecule has 0 unspecified atom stereocenters. The molecule has 0 amide bonds. The first-order valence-corrected chi connectivity index (χ1v) is 10.9. The van der Waals surface area contributed by atoms with Crippen LogP contribution in [0.4, 0.5) is 0 Å². The Labute approximate surface area is 177 Å². The summed E-state index contributed by atoms with van der Waals surface area (Å²) in [5, 5.41) is 1.46. The number of hydrogen-bond acceptors (Lipinski definition) is 3. The van der Waals surface area contributed by atoms with Crippen molar-refractivity contribution in [2.24, 2.45) is 0 Å². The standard InChI is InChI=1S/C25H28ClNO2/c1-2-20(21-8-11-24-22(17-21)18-25(26)29-24)16-19-6-9-23(10-7-19)28-15-14-27-12-4-3-5-13-27/h6-11,16-18H,2-5,12-15H2,1H3/b20-16-. The highest BCUT2D eigenvalue weighted by Crippen LogP contribution is 2.29. The van der Waals surface area contributed by atoms with Gasteiger partial charge in [-0.05, 0) is 84.9 Å². The van der Waals surface area contributed by atoms with Crippen molar-refractivity contribution in [1.29, 1.82) is 0 Å². The van der Waals surface area contributed by atoms with Crippen molar-refractivity contribution < 1.29 is 9.15 Å². The van der Waals surface area contributed by atoms with Crippen molar-refractivity contribution in [3.8, 4) is 5.75 Å². The zero-order valence-electron chi connectivity index (χ0n) is 17.0. The Bertz CT molecular complexity index is 968. The Morgan fingerprint density at radius 2 is 1.86 bits per heavy atom. The van der Waals surface area contributed by atoms with Crippen LogP contribution in [0.3, 0.4) is 0 Å². The molecule has 0 saturated carbocycles. The van der Waals surface area contributed by atoms with Crippen molar-refractivity contribution in [3.63, 3.8) is 0 Å². The summed E-state index contributed by atoms with van der Waals surface area (Å²) in [7, 11) is 0. The first-order valence-electron chi connectivity index (χ1n) is 10.6. The molecule has 29 heavy (non-hydrogen) atoms. The number of hydrogen-bond donors (Lipinski definition) is 0. The maximum absolute atomic E-state index is 5.98. The van der Waals surface area contributed by atoms with Crippen LogP contribution in [0.15, 0.2) is 52.9 Å². The number of piperidine rings is 1. The Hall–Kier alpha value is -2.23. The lowest BCUT2D eigenvalue weighted by atomic mass is 9.99. The summed E-state index contributed by atoms with van der Waals surface area (Å²) < 4.78 is 11.4. The monoisotopic (exact) mass is 409 g/mol. The molecule has 1 aliphatic heterocycles. The molecule has 3 nitrogen and oxygen atoms in total. The largest absolute Gasteiger partial charge is 0.492 e. The molecular weight excluding hydrogens is 382 g/mol. The first kappa shape index (κ1) is 20.1. The number of fused-ring (bicyclic) bond motifs is 1. The smallest absolute Gasteiger partial charge is 0.194 e. The topological polar surface area (TPSA) is 25.6 Å². The summed E-state index contributed by atoms with van der Waals surface area (Å²) in [5.74, 6) is 0.937. The Kier molecular flexibility index (Phi) is 6.58. The number of rotatable bonds is 7.